The van der Waals surface area contributed by atoms with Crippen LogP contribution in [0.3, 0.4) is 0 Å². The van der Waals surface area contributed by atoms with E-state index in [0.29, 0.717) is 36.8 Å². The Labute approximate surface area is 190 Å². The van der Waals surface area contributed by atoms with Crippen LogP contribution in [-0.4, -0.2) is 59.2 Å². The Morgan fingerprint density at radius 1 is 1.18 bits per heavy atom. The molecule has 0 saturated heterocycles. The molecule has 0 radical (unpaired) electrons. The van der Waals surface area contributed by atoms with Crippen molar-refractivity contribution in [2.24, 2.45) is 0 Å². The van der Waals surface area contributed by atoms with Crippen molar-refractivity contribution in [2.45, 2.75) is 51.8 Å². The zero-order valence-electron chi connectivity index (χ0n) is 18.4. The molecule has 2 amide bonds. The van der Waals surface area contributed by atoms with Crippen LogP contribution in [-0.2, 0) is 30.7 Å². The van der Waals surface area contributed by atoms with Gasteiger partial charge in [0.05, 0.1) is 12.5 Å². The number of nitrogens with zero attached hydrogens (tertiary/aromatic N) is 6. The molecule has 0 aliphatic carbocycles. The average molecular weight is 447 g/mol. The molecule has 33 heavy (non-hydrogen) atoms. The smallest absolute Gasteiger partial charge is 0.275 e. The predicted molar refractivity (Wildman–Crippen MR) is 119 cm³/mol. The molecular formula is C23H25N7O3. The molecule has 1 atom stereocenters. The van der Waals surface area contributed by atoms with Crippen molar-refractivity contribution in [1.82, 2.24) is 29.6 Å². The van der Waals surface area contributed by atoms with Gasteiger partial charge in [-0.1, -0.05) is 6.07 Å². The highest BCUT2D eigenvalue weighted by molar-refractivity contribution is 6.02. The Morgan fingerprint density at radius 3 is 2.91 bits per heavy atom. The van der Waals surface area contributed by atoms with Gasteiger partial charge < -0.3 is 19.9 Å². The normalized spacial score (nSPS) is 15.6. The fourth-order valence-electron chi connectivity index (χ4n) is 4.31. The van der Waals surface area contributed by atoms with Gasteiger partial charge >= 0.3 is 0 Å². The monoisotopic (exact) mass is 447 g/mol. The number of nitrogens with one attached hydrogen (secondary N) is 1. The Kier molecular flexibility index (Phi) is 5.59. The first-order valence-corrected chi connectivity index (χ1v) is 11.1. The molecule has 170 valence electrons. The molecule has 2 aliphatic heterocycles. The Hall–Kier alpha value is -3.66. The number of pyridine rings is 2. The zero-order chi connectivity index (χ0) is 22.9. The summed E-state index contributed by atoms with van der Waals surface area (Å²) in [7, 11) is 0. The van der Waals surface area contributed by atoms with Gasteiger partial charge in [-0.2, -0.15) is 0 Å². The van der Waals surface area contributed by atoms with Crippen LogP contribution in [0.4, 0.5) is 5.82 Å². The van der Waals surface area contributed by atoms with Crippen LogP contribution >= 0.6 is 0 Å². The molecule has 3 aromatic heterocycles. The van der Waals surface area contributed by atoms with E-state index in [9.17, 15) is 14.7 Å². The van der Waals surface area contributed by atoms with Crippen LogP contribution in [0.25, 0.3) is 11.5 Å². The standard InChI is InChI=1S/C23H25N7O3/c1-14(31)10-21(32)29-9-7-15-12-24-18(11-16(15)13-29)23(33)26-19-5-2-4-17(25-19)22-28-27-20-6-3-8-30(20)22/h2,4-5,11-12,14,31H,3,6-10,13H2,1H3,(H,25,26,33)/t14-/m0/s1. The fourth-order valence-corrected chi connectivity index (χ4v) is 4.31. The average Bonchev–Trinajstić information content (AvgIpc) is 3.42. The third kappa shape index (κ3) is 4.34. The second kappa shape index (κ2) is 8.70. The number of aliphatic hydroxyl groups excluding tert-OH is 1. The minimum Gasteiger partial charge on any atom is -0.393 e. The van der Waals surface area contributed by atoms with Crippen LogP contribution in [0.1, 0.15) is 47.2 Å². The van der Waals surface area contributed by atoms with Crippen LogP contribution in [0.2, 0.25) is 0 Å². The number of rotatable bonds is 5. The summed E-state index contributed by atoms with van der Waals surface area (Å²) in [5.74, 6) is 1.59. The number of aryl methyl sites for hydroxylation is 1. The number of fused-ring (bicyclic) bond motifs is 2. The number of hydrogen-bond donors (Lipinski definition) is 2. The molecule has 10 nitrogen and oxygen atoms in total. The summed E-state index contributed by atoms with van der Waals surface area (Å²) in [6.45, 7) is 3.44. The molecule has 0 fully saturated rings. The maximum atomic E-state index is 12.9. The summed E-state index contributed by atoms with van der Waals surface area (Å²) in [5, 5.41) is 20.8. The molecule has 0 unspecified atom stereocenters. The van der Waals surface area contributed by atoms with Gasteiger partial charge in [-0.3, -0.25) is 14.6 Å². The molecule has 10 heteroatoms. The minimum absolute atomic E-state index is 0.0883. The second-order valence-corrected chi connectivity index (χ2v) is 8.51. The lowest BCUT2D eigenvalue weighted by Crippen LogP contribution is -2.37. The van der Waals surface area contributed by atoms with Crippen molar-refractivity contribution >= 4 is 17.6 Å². The highest BCUT2D eigenvalue weighted by atomic mass is 16.3. The second-order valence-electron chi connectivity index (χ2n) is 8.51. The molecule has 2 aliphatic rings. The number of amides is 2. The lowest BCUT2D eigenvalue weighted by molar-refractivity contribution is -0.133. The summed E-state index contributed by atoms with van der Waals surface area (Å²) in [6, 6.07) is 7.11. The quantitative estimate of drug-likeness (QED) is 0.608. The SMILES string of the molecule is C[C@H](O)CC(=O)N1CCc2cnc(C(=O)Nc3cccc(-c4nnc5n4CCC5)n3)cc2C1. The molecule has 5 heterocycles. The fraction of sp³-hybridized carbons (Fsp3) is 0.391. The summed E-state index contributed by atoms with van der Waals surface area (Å²) in [4.78, 5) is 35.8. The van der Waals surface area contributed by atoms with Gasteiger partial charge in [0.25, 0.3) is 5.91 Å². The van der Waals surface area contributed by atoms with Gasteiger partial charge in [0.1, 0.15) is 23.0 Å². The van der Waals surface area contributed by atoms with Gasteiger partial charge in [-0.25, -0.2) is 4.98 Å². The molecule has 0 spiro atoms. The Balaban J connectivity index is 1.31. The van der Waals surface area contributed by atoms with Gasteiger partial charge in [-0.05, 0) is 49.1 Å². The van der Waals surface area contributed by atoms with Gasteiger partial charge in [-0.15, -0.1) is 10.2 Å². The van der Waals surface area contributed by atoms with Gasteiger partial charge in [0.2, 0.25) is 5.91 Å². The molecule has 2 N–H and O–H groups in total. The van der Waals surface area contributed by atoms with Gasteiger partial charge in [0, 0.05) is 32.3 Å². The summed E-state index contributed by atoms with van der Waals surface area (Å²) >= 11 is 0. The van der Waals surface area contributed by atoms with Crippen molar-refractivity contribution in [3.05, 3.63) is 53.1 Å². The minimum atomic E-state index is -0.681. The van der Waals surface area contributed by atoms with E-state index in [1.807, 2.05) is 12.1 Å². The van der Waals surface area contributed by atoms with Gasteiger partial charge in [0.15, 0.2) is 5.82 Å². The van der Waals surface area contributed by atoms with Crippen molar-refractivity contribution in [3.63, 3.8) is 0 Å². The highest BCUT2D eigenvalue weighted by Crippen LogP contribution is 2.24. The number of carbonyl (C=O) groups excluding carboxylic acids is 2. The number of hydrogen-bond acceptors (Lipinski definition) is 7. The number of carbonyl (C=O) groups is 2. The molecule has 0 bridgehead atoms. The lowest BCUT2D eigenvalue weighted by atomic mass is 10.0. The van der Waals surface area contributed by atoms with E-state index in [2.05, 4.69) is 30.0 Å². The van der Waals surface area contributed by atoms with Crippen LogP contribution in [0.5, 0.6) is 0 Å². The topological polar surface area (TPSA) is 126 Å². The van der Waals surface area contributed by atoms with Crippen molar-refractivity contribution < 1.29 is 14.7 Å². The van der Waals surface area contributed by atoms with Crippen molar-refractivity contribution in [3.8, 4) is 11.5 Å². The first-order valence-electron chi connectivity index (χ1n) is 11.1. The number of aromatic nitrogens is 5. The number of anilines is 1. The van der Waals surface area contributed by atoms with E-state index in [1.54, 1.807) is 30.2 Å². The predicted octanol–water partition coefficient (Wildman–Crippen LogP) is 1.59. The van der Waals surface area contributed by atoms with E-state index in [0.717, 1.165) is 36.3 Å². The van der Waals surface area contributed by atoms with E-state index in [1.165, 1.54) is 0 Å². The maximum Gasteiger partial charge on any atom is 0.275 e. The van der Waals surface area contributed by atoms with E-state index >= 15 is 0 Å². The van der Waals surface area contributed by atoms with E-state index in [4.69, 9.17) is 0 Å². The first-order chi connectivity index (χ1) is 16.0. The lowest BCUT2D eigenvalue weighted by Gasteiger charge is -2.29. The summed E-state index contributed by atoms with van der Waals surface area (Å²) < 4.78 is 2.06. The molecule has 0 aromatic carbocycles. The Bertz CT molecular complexity index is 1220. The van der Waals surface area contributed by atoms with E-state index in [-0.39, 0.29) is 23.9 Å². The van der Waals surface area contributed by atoms with Crippen molar-refractivity contribution in [2.75, 3.05) is 11.9 Å². The zero-order valence-corrected chi connectivity index (χ0v) is 18.4. The molecule has 0 saturated carbocycles. The third-order valence-electron chi connectivity index (χ3n) is 5.98. The molecule has 3 aromatic rings. The first kappa shape index (κ1) is 21.2. The van der Waals surface area contributed by atoms with Crippen molar-refractivity contribution in [1.29, 1.82) is 0 Å². The number of aliphatic hydroxyl groups is 1. The van der Waals surface area contributed by atoms with E-state index < -0.39 is 6.10 Å². The summed E-state index contributed by atoms with van der Waals surface area (Å²) in [6.07, 6.45) is 3.73. The highest BCUT2D eigenvalue weighted by Gasteiger charge is 2.24. The Morgan fingerprint density at radius 2 is 2.06 bits per heavy atom. The van der Waals surface area contributed by atoms with Crippen LogP contribution in [0.15, 0.2) is 30.5 Å². The van der Waals surface area contributed by atoms with Crippen LogP contribution in [0, 0.1) is 0 Å². The third-order valence-corrected chi connectivity index (χ3v) is 5.98. The molecule has 5 rings (SSSR count). The van der Waals surface area contributed by atoms with Crippen LogP contribution < -0.4 is 5.32 Å². The molecular weight excluding hydrogens is 422 g/mol. The summed E-state index contributed by atoms with van der Waals surface area (Å²) in [5.41, 5.74) is 2.82. The maximum absolute atomic E-state index is 12.9. The largest absolute Gasteiger partial charge is 0.393 e.